The number of anilines is 1. The van der Waals surface area contributed by atoms with Crippen LogP contribution in [0.1, 0.15) is 24.1 Å². The summed E-state index contributed by atoms with van der Waals surface area (Å²) >= 11 is 3.47. The second-order valence-corrected chi connectivity index (χ2v) is 5.03. The molecule has 88 valence electrons. The summed E-state index contributed by atoms with van der Waals surface area (Å²) in [5.74, 6) is 0. The number of aryl methyl sites for hydroxylation is 1. The molecule has 0 fully saturated rings. The SMILES string of the molecule is Cc1cc(Br)ccc1NC(C)c1cccnc1. The van der Waals surface area contributed by atoms with Crippen LogP contribution in [-0.4, -0.2) is 4.98 Å². The van der Waals surface area contributed by atoms with Crippen LogP contribution < -0.4 is 5.32 Å². The van der Waals surface area contributed by atoms with Gasteiger partial charge in [-0.2, -0.15) is 0 Å². The second kappa shape index (κ2) is 5.32. The van der Waals surface area contributed by atoms with Gasteiger partial charge in [-0.05, 0) is 49.2 Å². The fourth-order valence-electron chi connectivity index (χ4n) is 1.74. The molecule has 0 aliphatic rings. The van der Waals surface area contributed by atoms with E-state index in [4.69, 9.17) is 0 Å². The molecule has 0 aliphatic carbocycles. The molecule has 0 amide bonds. The number of hydrogen-bond donors (Lipinski definition) is 1. The van der Waals surface area contributed by atoms with Crippen LogP contribution in [0.25, 0.3) is 0 Å². The summed E-state index contributed by atoms with van der Waals surface area (Å²) in [4.78, 5) is 4.14. The van der Waals surface area contributed by atoms with Gasteiger partial charge in [0.2, 0.25) is 0 Å². The fraction of sp³-hybridized carbons (Fsp3) is 0.214. The van der Waals surface area contributed by atoms with Gasteiger partial charge in [-0.25, -0.2) is 0 Å². The normalized spacial score (nSPS) is 12.2. The third-order valence-corrected chi connectivity index (χ3v) is 3.24. The lowest BCUT2D eigenvalue weighted by Gasteiger charge is -2.17. The first-order chi connectivity index (χ1) is 8.16. The molecule has 0 aliphatic heterocycles. The number of pyridine rings is 1. The predicted octanol–water partition coefficient (Wildman–Crippen LogP) is 4.33. The highest BCUT2D eigenvalue weighted by atomic mass is 79.9. The minimum absolute atomic E-state index is 0.253. The first-order valence-electron chi connectivity index (χ1n) is 5.59. The highest BCUT2D eigenvalue weighted by Gasteiger charge is 2.06. The number of benzene rings is 1. The maximum Gasteiger partial charge on any atom is 0.0500 e. The molecule has 3 heteroatoms. The highest BCUT2D eigenvalue weighted by molar-refractivity contribution is 9.10. The minimum Gasteiger partial charge on any atom is -0.378 e. The first-order valence-corrected chi connectivity index (χ1v) is 6.39. The van der Waals surface area contributed by atoms with Gasteiger partial charge < -0.3 is 5.32 Å². The standard InChI is InChI=1S/C14H15BrN2/c1-10-8-13(15)5-6-14(10)17-11(2)12-4-3-7-16-9-12/h3-9,11,17H,1-2H3. The van der Waals surface area contributed by atoms with Gasteiger partial charge in [-0.15, -0.1) is 0 Å². The highest BCUT2D eigenvalue weighted by Crippen LogP contribution is 2.24. The lowest BCUT2D eigenvalue weighted by atomic mass is 10.1. The van der Waals surface area contributed by atoms with Gasteiger partial charge in [0, 0.05) is 22.6 Å². The topological polar surface area (TPSA) is 24.9 Å². The Balaban J connectivity index is 2.16. The maximum absolute atomic E-state index is 4.14. The second-order valence-electron chi connectivity index (χ2n) is 4.11. The Hall–Kier alpha value is -1.35. The van der Waals surface area contributed by atoms with Gasteiger partial charge in [0.05, 0.1) is 6.04 Å². The zero-order chi connectivity index (χ0) is 12.3. The van der Waals surface area contributed by atoms with E-state index in [1.807, 2.05) is 18.3 Å². The van der Waals surface area contributed by atoms with E-state index in [0.717, 1.165) is 10.2 Å². The van der Waals surface area contributed by atoms with Crippen molar-refractivity contribution >= 4 is 21.6 Å². The van der Waals surface area contributed by atoms with Crippen LogP contribution in [0.2, 0.25) is 0 Å². The number of aromatic nitrogens is 1. The van der Waals surface area contributed by atoms with Crippen LogP contribution in [0, 0.1) is 6.92 Å². The van der Waals surface area contributed by atoms with Gasteiger partial charge in [-0.3, -0.25) is 4.98 Å². The fourth-order valence-corrected chi connectivity index (χ4v) is 2.21. The van der Waals surface area contributed by atoms with Crippen molar-refractivity contribution in [2.24, 2.45) is 0 Å². The molecule has 0 spiro atoms. The van der Waals surface area contributed by atoms with Crippen molar-refractivity contribution in [1.82, 2.24) is 4.98 Å². The van der Waals surface area contributed by atoms with Gasteiger partial charge in [-0.1, -0.05) is 22.0 Å². The number of rotatable bonds is 3. The smallest absolute Gasteiger partial charge is 0.0500 e. The molecule has 1 heterocycles. The minimum atomic E-state index is 0.253. The Morgan fingerprint density at radius 2 is 2.12 bits per heavy atom. The Bertz CT molecular complexity index is 497. The van der Waals surface area contributed by atoms with Crippen LogP contribution >= 0.6 is 15.9 Å². The molecular weight excluding hydrogens is 276 g/mol. The third kappa shape index (κ3) is 3.07. The summed E-state index contributed by atoms with van der Waals surface area (Å²) in [7, 11) is 0. The molecule has 0 radical (unpaired) electrons. The molecule has 1 unspecified atom stereocenters. The van der Waals surface area contributed by atoms with E-state index in [-0.39, 0.29) is 6.04 Å². The van der Waals surface area contributed by atoms with Gasteiger partial charge >= 0.3 is 0 Å². The summed E-state index contributed by atoms with van der Waals surface area (Å²) in [5.41, 5.74) is 3.58. The molecule has 0 saturated carbocycles. The molecule has 17 heavy (non-hydrogen) atoms. The van der Waals surface area contributed by atoms with Crippen LogP contribution in [0.15, 0.2) is 47.2 Å². The van der Waals surface area contributed by atoms with Crippen LogP contribution in [-0.2, 0) is 0 Å². The van der Waals surface area contributed by atoms with Crippen molar-refractivity contribution in [2.45, 2.75) is 19.9 Å². The molecule has 1 aromatic carbocycles. The Morgan fingerprint density at radius 1 is 1.29 bits per heavy atom. The molecule has 2 rings (SSSR count). The number of halogens is 1. The van der Waals surface area contributed by atoms with Gasteiger partial charge in [0.1, 0.15) is 0 Å². The van der Waals surface area contributed by atoms with E-state index in [9.17, 15) is 0 Å². The van der Waals surface area contributed by atoms with E-state index in [0.29, 0.717) is 0 Å². The maximum atomic E-state index is 4.14. The molecule has 0 bridgehead atoms. The van der Waals surface area contributed by atoms with Crippen molar-refractivity contribution in [3.05, 3.63) is 58.3 Å². The van der Waals surface area contributed by atoms with Gasteiger partial charge in [0.25, 0.3) is 0 Å². The van der Waals surface area contributed by atoms with Crippen LogP contribution in [0.3, 0.4) is 0 Å². The molecule has 2 aromatic rings. The van der Waals surface area contributed by atoms with E-state index in [2.05, 4.69) is 58.3 Å². The Kier molecular flexibility index (Phi) is 3.79. The van der Waals surface area contributed by atoms with Crippen molar-refractivity contribution in [2.75, 3.05) is 5.32 Å². The lowest BCUT2D eigenvalue weighted by molar-refractivity contribution is 0.873. The molecule has 1 aromatic heterocycles. The number of nitrogens with one attached hydrogen (secondary N) is 1. The van der Waals surface area contributed by atoms with E-state index in [1.54, 1.807) is 6.20 Å². The summed E-state index contributed by atoms with van der Waals surface area (Å²) < 4.78 is 1.11. The van der Waals surface area contributed by atoms with Crippen LogP contribution in [0.4, 0.5) is 5.69 Å². The average molecular weight is 291 g/mol. The van der Waals surface area contributed by atoms with Crippen molar-refractivity contribution in [1.29, 1.82) is 0 Å². The molecule has 2 nitrogen and oxygen atoms in total. The number of nitrogens with zero attached hydrogens (tertiary/aromatic N) is 1. The Morgan fingerprint density at radius 3 is 2.76 bits per heavy atom. The Labute approximate surface area is 110 Å². The summed E-state index contributed by atoms with van der Waals surface area (Å²) in [6.07, 6.45) is 3.69. The monoisotopic (exact) mass is 290 g/mol. The third-order valence-electron chi connectivity index (χ3n) is 2.74. The van der Waals surface area contributed by atoms with E-state index < -0.39 is 0 Å². The largest absolute Gasteiger partial charge is 0.378 e. The summed E-state index contributed by atoms with van der Waals surface area (Å²) in [5, 5.41) is 3.49. The van der Waals surface area contributed by atoms with Gasteiger partial charge in [0.15, 0.2) is 0 Å². The van der Waals surface area contributed by atoms with Crippen molar-refractivity contribution in [3.8, 4) is 0 Å². The summed E-state index contributed by atoms with van der Waals surface area (Å²) in [6.45, 7) is 4.24. The average Bonchev–Trinajstić information content (AvgIpc) is 2.34. The van der Waals surface area contributed by atoms with Crippen molar-refractivity contribution in [3.63, 3.8) is 0 Å². The van der Waals surface area contributed by atoms with E-state index in [1.165, 1.54) is 11.1 Å². The molecule has 0 saturated heterocycles. The van der Waals surface area contributed by atoms with E-state index >= 15 is 0 Å². The molecule has 1 atom stereocenters. The summed E-state index contributed by atoms with van der Waals surface area (Å²) in [6, 6.07) is 10.5. The number of hydrogen-bond acceptors (Lipinski definition) is 2. The van der Waals surface area contributed by atoms with Crippen molar-refractivity contribution < 1.29 is 0 Å². The quantitative estimate of drug-likeness (QED) is 0.910. The zero-order valence-corrected chi connectivity index (χ0v) is 11.5. The molecular formula is C14H15BrN2. The predicted molar refractivity (Wildman–Crippen MR) is 75.2 cm³/mol. The molecule has 1 N–H and O–H groups in total. The first kappa shape index (κ1) is 12.1. The zero-order valence-electron chi connectivity index (χ0n) is 9.94. The van der Waals surface area contributed by atoms with Crippen LogP contribution in [0.5, 0.6) is 0 Å². The lowest BCUT2D eigenvalue weighted by Crippen LogP contribution is -2.07.